The molecule has 2 rings (SSSR count). The van der Waals surface area contributed by atoms with Crippen LogP contribution < -0.4 is 4.90 Å². The lowest BCUT2D eigenvalue weighted by atomic mass is 9.84. The summed E-state index contributed by atoms with van der Waals surface area (Å²) < 4.78 is 0. The topological polar surface area (TPSA) is 39.9 Å². The highest BCUT2D eigenvalue weighted by Gasteiger charge is 2.25. The molecule has 0 N–H and O–H groups in total. The third kappa shape index (κ3) is 3.01. The largest absolute Gasteiger partial charge is 0.355 e. The van der Waals surface area contributed by atoms with Gasteiger partial charge in [0.1, 0.15) is 16.9 Å². The summed E-state index contributed by atoms with van der Waals surface area (Å²) in [6.07, 6.45) is 7.86. The molecule has 0 saturated heterocycles. The fourth-order valence-electron chi connectivity index (χ4n) is 2.88. The van der Waals surface area contributed by atoms with Gasteiger partial charge in [0.2, 0.25) is 0 Å². The molecule has 0 unspecified atom stereocenters. The third-order valence-corrected chi connectivity index (χ3v) is 4.64. The number of anilines is 1. The van der Waals surface area contributed by atoms with Crippen LogP contribution in [0.5, 0.6) is 0 Å². The van der Waals surface area contributed by atoms with E-state index in [-0.39, 0.29) is 0 Å². The SMILES string of the molecule is CCC1CCC(N(C)c2nccc(C#N)c2Cl)CC1. The van der Waals surface area contributed by atoms with Crippen LogP contribution in [0.3, 0.4) is 0 Å². The highest BCUT2D eigenvalue weighted by molar-refractivity contribution is 6.34. The molecule has 0 aliphatic heterocycles. The third-order valence-electron chi connectivity index (χ3n) is 4.27. The summed E-state index contributed by atoms with van der Waals surface area (Å²) >= 11 is 6.25. The van der Waals surface area contributed by atoms with Crippen LogP contribution >= 0.6 is 11.6 Å². The van der Waals surface area contributed by atoms with Crippen molar-refractivity contribution in [1.29, 1.82) is 5.26 Å². The molecule has 1 aromatic heterocycles. The first-order chi connectivity index (χ1) is 9.17. The Morgan fingerprint density at radius 2 is 2.11 bits per heavy atom. The summed E-state index contributed by atoms with van der Waals surface area (Å²) in [5.41, 5.74) is 0.501. The monoisotopic (exact) mass is 277 g/mol. The van der Waals surface area contributed by atoms with Gasteiger partial charge in [-0.15, -0.1) is 0 Å². The summed E-state index contributed by atoms with van der Waals surface area (Å²) in [6.45, 7) is 2.27. The standard InChI is InChI=1S/C15H20ClN3/c1-3-11-4-6-13(7-5-11)19(2)15-14(16)12(10-17)8-9-18-15/h8-9,11,13H,3-7H2,1-2H3. The van der Waals surface area contributed by atoms with E-state index in [0.29, 0.717) is 16.6 Å². The normalized spacial score (nSPS) is 22.8. The zero-order valence-corrected chi connectivity index (χ0v) is 12.3. The molecule has 1 fully saturated rings. The molecule has 1 aliphatic carbocycles. The van der Waals surface area contributed by atoms with Crippen LogP contribution in [0.25, 0.3) is 0 Å². The van der Waals surface area contributed by atoms with Crippen molar-refractivity contribution in [2.45, 2.75) is 45.1 Å². The Morgan fingerprint density at radius 1 is 1.42 bits per heavy atom. The molecule has 0 spiro atoms. The van der Waals surface area contributed by atoms with Gasteiger partial charge in [-0.1, -0.05) is 24.9 Å². The van der Waals surface area contributed by atoms with Gasteiger partial charge in [-0.2, -0.15) is 5.26 Å². The van der Waals surface area contributed by atoms with E-state index in [1.807, 2.05) is 7.05 Å². The lowest BCUT2D eigenvalue weighted by Crippen LogP contribution is -2.35. The van der Waals surface area contributed by atoms with Gasteiger partial charge in [-0.25, -0.2) is 4.98 Å². The maximum atomic E-state index is 9.02. The molecular formula is C15H20ClN3. The number of halogens is 1. The Morgan fingerprint density at radius 3 is 2.68 bits per heavy atom. The zero-order chi connectivity index (χ0) is 13.8. The van der Waals surface area contributed by atoms with Crippen LogP contribution in [0.1, 0.15) is 44.6 Å². The first kappa shape index (κ1) is 14.1. The Hall–Kier alpha value is -1.27. The van der Waals surface area contributed by atoms with Gasteiger partial charge in [0.15, 0.2) is 0 Å². The quantitative estimate of drug-likeness (QED) is 0.838. The molecule has 1 saturated carbocycles. The van der Waals surface area contributed by atoms with E-state index in [1.54, 1.807) is 12.3 Å². The van der Waals surface area contributed by atoms with Gasteiger partial charge in [-0.3, -0.25) is 0 Å². The zero-order valence-electron chi connectivity index (χ0n) is 11.6. The number of pyridine rings is 1. The van der Waals surface area contributed by atoms with Crippen molar-refractivity contribution in [2.24, 2.45) is 5.92 Å². The summed E-state index contributed by atoms with van der Waals surface area (Å²) in [7, 11) is 2.03. The molecule has 0 atom stereocenters. The average molecular weight is 278 g/mol. The number of nitriles is 1. The Bertz CT molecular complexity index is 473. The van der Waals surface area contributed by atoms with Gasteiger partial charge in [0, 0.05) is 19.3 Å². The summed E-state index contributed by atoms with van der Waals surface area (Å²) in [5, 5.41) is 9.50. The molecule has 102 valence electrons. The molecule has 3 nitrogen and oxygen atoms in total. The molecular weight excluding hydrogens is 258 g/mol. The Labute approximate surface area is 120 Å². The molecule has 1 aliphatic rings. The Balaban J connectivity index is 2.13. The van der Waals surface area contributed by atoms with Crippen molar-refractivity contribution in [3.63, 3.8) is 0 Å². The molecule has 4 heteroatoms. The molecule has 19 heavy (non-hydrogen) atoms. The second-order valence-electron chi connectivity index (χ2n) is 5.30. The lowest BCUT2D eigenvalue weighted by molar-refractivity contribution is 0.313. The summed E-state index contributed by atoms with van der Waals surface area (Å²) in [6, 6.07) is 4.26. The number of aromatic nitrogens is 1. The molecule has 0 bridgehead atoms. The highest BCUT2D eigenvalue weighted by Crippen LogP contribution is 2.33. The smallest absolute Gasteiger partial charge is 0.148 e. The van der Waals surface area contributed by atoms with Crippen LogP contribution in [0.2, 0.25) is 5.02 Å². The van der Waals surface area contributed by atoms with Crippen molar-refractivity contribution in [1.82, 2.24) is 4.98 Å². The van der Waals surface area contributed by atoms with Gasteiger partial charge in [0.05, 0.1) is 5.56 Å². The molecule has 1 aromatic rings. The van der Waals surface area contributed by atoms with E-state index in [9.17, 15) is 0 Å². The molecule has 0 aromatic carbocycles. The minimum Gasteiger partial charge on any atom is -0.355 e. The van der Waals surface area contributed by atoms with Crippen molar-refractivity contribution in [2.75, 3.05) is 11.9 Å². The van der Waals surface area contributed by atoms with Crippen molar-refractivity contribution >= 4 is 17.4 Å². The number of hydrogen-bond acceptors (Lipinski definition) is 3. The van der Waals surface area contributed by atoms with E-state index >= 15 is 0 Å². The maximum absolute atomic E-state index is 9.02. The summed E-state index contributed by atoms with van der Waals surface area (Å²) in [5.74, 6) is 1.61. The maximum Gasteiger partial charge on any atom is 0.148 e. The number of hydrogen-bond donors (Lipinski definition) is 0. The first-order valence-electron chi connectivity index (χ1n) is 6.94. The molecule has 1 heterocycles. The second-order valence-corrected chi connectivity index (χ2v) is 5.68. The van der Waals surface area contributed by atoms with Crippen LogP contribution in [-0.2, 0) is 0 Å². The van der Waals surface area contributed by atoms with Crippen LogP contribution in [-0.4, -0.2) is 18.1 Å². The van der Waals surface area contributed by atoms with Crippen LogP contribution in [0.4, 0.5) is 5.82 Å². The van der Waals surface area contributed by atoms with E-state index in [1.165, 1.54) is 32.1 Å². The first-order valence-corrected chi connectivity index (χ1v) is 7.32. The minimum atomic E-state index is 0.477. The van der Waals surface area contributed by atoms with Crippen molar-refractivity contribution in [3.05, 3.63) is 22.8 Å². The molecule has 0 amide bonds. The average Bonchev–Trinajstić information content (AvgIpc) is 2.47. The van der Waals surface area contributed by atoms with E-state index < -0.39 is 0 Å². The Kier molecular flexibility index (Phi) is 4.66. The lowest BCUT2D eigenvalue weighted by Gasteiger charge is -2.35. The second kappa shape index (κ2) is 6.25. The van der Waals surface area contributed by atoms with E-state index in [0.717, 1.165) is 11.7 Å². The fourth-order valence-corrected chi connectivity index (χ4v) is 3.17. The molecule has 0 radical (unpaired) electrons. The van der Waals surface area contributed by atoms with Gasteiger partial charge in [-0.05, 0) is 37.7 Å². The van der Waals surface area contributed by atoms with Gasteiger partial charge < -0.3 is 4.90 Å². The van der Waals surface area contributed by atoms with Gasteiger partial charge >= 0.3 is 0 Å². The number of rotatable bonds is 3. The van der Waals surface area contributed by atoms with Crippen molar-refractivity contribution < 1.29 is 0 Å². The highest BCUT2D eigenvalue weighted by atomic mass is 35.5. The van der Waals surface area contributed by atoms with Gasteiger partial charge in [0.25, 0.3) is 0 Å². The fraction of sp³-hybridized carbons (Fsp3) is 0.600. The summed E-state index contributed by atoms with van der Waals surface area (Å²) in [4.78, 5) is 6.49. The van der Waals surface area contributed by atoms with Crippen molar-refractivity contribution in [3.8, 4) is 6.07 Å². The van der Waals surface area contributed by atoms with Crippen LogP contribution in [0.15, 0.2) is 12.3 Å². The number of nitrogens with zero attached hydrogens (tertiary/aromatic N) is 3. The van der Waals surface area contributed by atoms with E-state index in [4.69, 9.17) is 16.9 Å². The van der Waals surface area contributed by atoms with Crippen LogP contribution in [0, 0.1) is 17.2 Å². The predicted molar refractivity (Wildman–Crippen MR) is 78.4 cm³/mol. The van der Waals surface area contributed by atoms with E-state index in [2.05, 4.69) is 22.9 Å². The minimum absolute atomic E-state index is 0.477. The predicted octanol–water partition coefficient (Wildman–Crippen LogP) is 4.01.